The first-order valence-corrected chi connectivity index (χ1v) is 9.62. The van der Waals surface area contributed by atoms with E-state index in [1.165, 1.54) is 31.2 Å². The number of hydrogen-bond acceptors (Lipinski definition) is 3. The molecule has 5 nitrogen and oxygen atoms in total. The second-order valence-corrected chi connectivity index (χ2v) is 8.04. The zero-order valence-electron chi connectivity index (χ0n) is 14.0. The summed E-state index contributed by atoms with van der Waals surface area (Å²) in [4.78, 5) is 12.0. The van der Waals surface area contributed by atoms with Crippen LogP contribution in [0.1, 0.15) is 41.7 Å². The van der Waals surface area contributed by atoms with Gasteiger partial charge >= 0.3 is 0 Å². The SMILES string of the molecule is C[C@H](NS(=O)(=O)c1cccc(C(=O)NC2CC2)c1)c1cc(F)cc(F)c1. The van der Waals surface area contributed by atoms with Crippen LogP contribution in [-0.2, 0) is 10.0 Å². The zero-order valence-corrected chi connectivity index (χ0v) is 14.8. The summed E-state index contributed by atoms with van der Waals surface area (Å²) < 4.78 is 54.2. The molecule has 138 valence electrons. The van der Waals surface area contributed by atoms with E-state index in [9.17, 15) is 22.0 Å². The van der Waals surface area contributed by atoms with Gasteiger partial charge in [0.25, 0.3) is 5.91 Å². The highest BCUT2D eigenvalue weighted by Crippen LogP contribution is 2.21. The molecule has 0 saturated heterocycles. The largest absolute Gasteiger partial charge is 0.349 e. The summed E-state index contributed by atoms with van der Waals surface area (Å²) in [5.41, 5.74) is 0.401. The Morgan fingerprint density at radius 1 is 1.12 bits per heavy atom. The van der Waals surface area contributed by atoms with Gasteiger partial charge in [0.2, 0.25) is 10.0 Å². The number of halogens is 2. The van der Waals surface area contributed by atoms with Crippen molar-refractivity contribution in [2.75, 3.05) is 0 Å². The number of carbonyl (C=O) groups is 1. The molecule has 8 heteroatoms. The van der Waals surface area contributed by atoms with Gasteiger partial charge in [-0.25, -0.2) is 21.9 Å². The maximum atomic E-state index is 13.3. The van der Waals surface area contributed by atoms with E-state index in [1.807, 2.05) is 0 Å². The molecule has 0 heterocycles. The molecule has 0 aromatic heterocycles. The minimum Gasteiger partial charge on any atom is -0.349 e. The van der Waals surface area contributed by atoms with Crippen LogP contribution in [0.4, 0.5) is 8.78 Å². The summed E-state index contributed by atoms with van der Waals surface area (Å²) in [5, 5.41) is 2.79. The molecule has 1 aliphatic rings. The maximum absolute atomic E-state index is 13.3. The van der Waals surface area contributed by atoms with Crippen molar-refractivity contribution < 1.29 is 22.0 Å². The summed E-state index contributed by atoms with van der Waals surface area (Å²) in [6.07, 6.45) is 1.85. The van der Waals surface area contributed by atoms with E-state index in [4.69, 9.17) is 0 Å². The smallest absolute Gasteiger partial charge is 0.251 e. The Morgan fingerprint density at radius 2 is 1.77 bits per heavy atom. The molecule has 0 aliphatic heterocycles. The van der Waals surface area contributed by atoms with Gasteiger partial charge in [-0.1, -0.05) is 6.07 Å². The molecule has 1 saturated carbocycles. The molecule has 0 spiro atoms. The molecule has 3 rings (SSSR count). The molecule has 26 heavy (non-hydrogen) atoms. The van der Waals surface area contributed by atoms with Crippen LogP contribution in [-0.4, -0.2) is 20.4 Å². The van der Waals surface area contributed by atoms with Gasteiger partial charge in [0.1, 0.15) is 11.6 Å². The van der Waals surface area contributed by atoms with Gasteiger partial charge in [-0.15, -0.1) is 0 Å². The molecule has 1 amide bonds. The van der Waals surface area contributed by atoms with Crippen molar-refractivity contribution in [3.63, 3.8) is 0 Å². The van der Waals surface area contributed by atoms with Gasteiger partial charge in [-0.05, 0) is 55.7 Å². The predicted octanol–water partition coefficient (Wildman–Crippen LogP) is 2.90. The molecule has 0 bridgehead atoms. The van der Waals surface area contributed by atoms with E-state index < -0.39 is 27.7 Å². The predicted molar refractivity (Wildman–Crippen MR) is 92.0 cm³/mol. The lowest BCUT2D eigenvalue weighted by atomic mass is 10.1. The van der Waals surface area contributed by atoms with E-state index in [0.717, 1.165) is 25.0 Å². The van der Waals surface area contributed by atoms with Crippen LogP contribution < -0.4 is 10.0 Å². The number of carbonyl (C=O) groups excluding carboxylic acids is 1. The van der Waals surface area contributed by atoms with Gasteiger partial charge in [-0.3, -0.25) is 4.79 Å². The molecular formula is C18H18F2N2O3S. The van der Waals surface area contributed by atoms with Crippen molar-refractivity contribution >= 4 is 15.9 Å². The fourth-order valence-electron chi connectivity index (χ4n) is 2.49. The van der Waals surface area contributed by atoms with Crippen LogP contribution in [0, 0.1) is 11.6 Å². The molecule has 2 N–H and O–H groups in total. The van der Waals surface area contributed by atoms with E-state index >= 15 is 0 Å². The number of benzene rings is 2. The van der Waals surface area contributed by atoms with Gasteiger partial charge in [0.05, 0.1) is 4.90 Å². The fraction of sp³-hybridized carbons (Fsp3) is 0.278. The van der Waals surface area contributed by atoms with E-state index in [0.29, 0.717) is 6.07 Å². The molecule has 2 aromatic rings. The summed E-state index contributed by atoms with van der Waals surface area (Å²) in [6.45, 7) is 1.48. The van der Waals surface area contributed by atoms with Crippen molar-refractivity contribution in [3.8, 4) is 0 Å². The molecule has 1 aliphatic carbocycles. The maximum Gasteiger partial charge on any atom is 0.251 e. The van der Waals surface area contributed by atoms with Crippen LogP contribution >= 0.6 is 0 Å². The first kappa shape index (κ1) is 18.5. The second-order valence-electron chi connectivity index (χ2n) is 6.32. The van der Waals surface area contributed by atoms with Crippen molar-refractivity contribution in [1.82, 2.24) is 10.0 Å². The molecule has 1 atom stereocenters. The lowest BCUT2D eigenvalue weighted by Crippen LogP contribution is -2.28. The van der Waals surface area contributed by atoms with E-state index in [1.54, 1.807) is 0 Å². The van der Waals surface area contributed by atoms with Crippen LogP contribution in [0.15, 0.2) is 47.4 Å². The number of nitrogens with one attached hydrogen (secondary N) is 2. The Labute approximate surface area is 150 Å². The van der Waals surface area contributed by atoms with E-state index in [2.05, 4.69) is 10.0 Å². The van der Waals surface area contributed by atoms with Gasteiger partial charge in [0.15, 0.2) is 0 Å². The lowest BCUT2D eigenvalue weighted by molar-refractivity contribution is 0.0951. The van der Waals surface area contributed by atoms with Crippen molar-refractivity contribution in [2.24, 2.45) is 0 Å². The number of rotatable bonds is 6. The lowest BCUT2D eigenvalue weighted by Gasteiger charge is -2.15. The summed E-state index contributed by atoms with van der Waals surface area (Å²) in [5.74, 6) is -1.90. The fourth-order valence-corrected chi connectivity index (χ4v) is 3.77. The Morgan fingerprint density at radius 3 is 2.38 bits per heavy atom. The summed E-state index contributed by atoms with van der Waals surface area (Å²) in [7, 11) is -3.98. The minimum absolute atomic E-state index is 0.0929. The minimum atomic E-state index is -3.98. The quantitative estimate of drug-likeness (QED) is 0.809. The topological polar surface area (TPSA) is 75.3 Å². The second kappa shape index (κ2) is 7.13. The average Bonchev–Trinajstić information content (AvgIpc) is 3.37. The Hall–Kier alpha value is -2.32. The summed E-state index contributed by atoms with van der Waals surface area (Å²) >= 11 is 0. The third-order valence-corrected chi connectivity index (χ3v) is 5.57. The number of sulfonamides is 1. The Balaban J connectivity index is 1.79. The van der Waals surface area contributed by atoms with E-state index in [-0.39, 0.29) is 28.0 Å². The third-order valence-electron chi connectivity index (χ3n) is 4.04. The monoisotopic (exact) mass is 380 g/mol. The first-order valence-electron chi connectivity index (χ1n) is 8.14. The normalized spacial score (nSPS) is 15.5. The number of hydrogen-bond donors (Lipinski definition) is 2. The molecule has 2 aromatic carbocycles. The average molecular weight is 380 g/mol. The van der Waals surface area contributed by atoms with Crippen molar-refractivity contribution in [1.29, 1.82) is 0 Å². The molecule has 0 unspecified atom stereocenters. The Bertz CT molecular complexity index is 923. The van der Waals surface area contributed by atoms with Crippen LogP contribution in [0.2, 0.25) is 0 Å². The molecule has 1 fully saturated rings. The summed E-state index contributed by atoms with van der Waals surface area (Å²) in [6, 6.07) is 7.79. The van der Waals surface area contributed by atoms with Gasteiger partial charge in [0, 0.05) is 23.7 Å². The molecule has 0 radical (unpaired) electrons. The number of amides is 1. The standard InChI is InChI=1S/C18H18F2N2O3S/c1-11(13-7-14(19)10-15(20)8-13)22-26(24,25)17-4-2-3-12(9-17)18(23)21-16-5-6-16/h2-4,7-11,16,22H,5-6H2,1H3,(H,21,23)/t11-/m0/s1. The van der Waals surface area contributed by atoms with Crippen molar-refractivity contribution in [2.45, 2.75) is 36.7 Å². The van der Waals surface area contributed by atoms with Crippen LogP contribution in [0.25, 0.3) is 0 Å². The van der Waals surface area contributed by atoms with Crippen LogP contribution in [0.5, 0.6) is 0 Å². The third kappa shape index (κ3) is 4.44. The molecular weight excluding hydrogens is 362 g/mol. The highest BCUT2D eigenvalue weighted by Gasteiger charge is 2.25. The van der Waals surface area contributed by atoms with Gasteiger partial charge in [-0.2, -0.15) is 0 Å². The zero-order chi connectivity index (χ0) is 18.9. The first-order chi connectivity index (χ1) is 12.2. The highest BCUT2D eigenvalue weighted by molar-refractivity contribution is 7.89. The highest BCUT2D eigenvalue weighted by atomic mass is 32.2. The Kier molecular flexibility index (Phi) is 5.06. The van der Waals surface area contributed by atoms with Crippen molar-refractivity contribution in [3.05, 3.63) is 65.2 Å². The van der Waals surface area contributed by atoms with Crippen LogP contribution in [0.3, 0.4) is 0 Å². The van der Waals surface area contributed by atoms with Gasteiger partial charge < -0.3 is 5.32 Å².